The standard InChI is InChI=1S/C13H19NO3/c1-3-11(8-15)14-13(16)9-17-12-6-4-10(2)5-7-12/h4-7,11,15H,3,8-9H2,1-2H3,(H,14,16)/t11-/m1/s1. The van der Waals surface area contributed by atoms with Crippen molar-refractivity contribution in [3.05, 3.63) is 29.8 Å². The first-order valence-electron chi connectivity index (χ1n) is 5.75. The van der Waals surface area contributed by atoms with Crippen molar-refractivity contribution < 1.29 is 14.6 Å². The van der Waals surface area contributed by atoms with Crippen LogP contribution in [0.2, 0.25) is 0 Å². The zero-order valence-electron chi connectivity index (χ0n) is 10.3. The lowest BCUT2D eigenvalue weighted by Gasteiger charge is -2.14. The highest BCUT2D eigenvalue weighted by Crippen LogP contribution is 2.10. The van der Waals surface area contributed by atoms with Gasteiger partial charge in [-0.3, -0.25) is 4.79 Å². The van der Waals surface area contributed by atoms with Crippen molar-refractivity contribution >= 4 is 5.91 Å². The lowest BCUT2D eigenvalue weighted by molar-refractivity contribution is -0.124. The molecule has 0 aliphatic rings. The number of nitrogens with one attached hydrogen (secondary N) is 1. The van der Waals surface area contributed by atoms with Crippen molar-refractivity contribution in [1.29, 1.82) is 0 Å². The third kappa shape index (κ3) is 4.87. The van der Waals surface area contributed by atoms with Crippen LogP contribution in [0.15, 0.2) is 24.3 Å². The van der Waals surface area contributed by atoms with Crippen LogP contribution in [-0.2, 0) is 4.79 Å². The Bertz CT molecular complexity index is 344. The molecule has 1 atom stereocenters. The van der Waals surface area contributed by atoms with Crippen LogP contribution in [0.25, 0.3) is 0 Å². The molecular formula is C13H19NO3. The van der Waals surface area contributed by atoms with Gasteiger partial charge in [0.2, 0.25) is 0 Å². The van der Waals surface area contributed by atoms with Crippen LogP contribution < -0.4 is 10.1 Å². The fourth-order valence-corrected chi connectivity index (χ4v) is 1.33. The minimum absolute atomic E-state index is 0.0282. The first-order chi connectivity index (χ1) is 8.15. The minimum Gasteiger partial charge on any atom is -0.484 e. The lowest BCUT2D eigenvalue weighted by Crippen LogP contribution is -2.39. The summed E-state index contributed by atoms with van der Waals surface area (Å²) in [5.41, 5.74) is 1.15. The van der Waals surface area contributed by atoms with Gasteiger partial charge in [0.25, 0.3) is 5.91 Å². The van der Waals surface area contributed by atoms with E-state index in [4.69, 9.17) is 9.84 Å². The average Bonchev–Trinajstić information content (AvgIpc) is 2.35. The van der Waals surface area contributed by atoms with Crippen molar-refractivity contribution in [2.24, 2.45) is 0 Å². The van der Waals surface area contributed by atoms with E-state index in [1.807, 2.05) is 38.1 Å². The van der Waals surface area contributed by atoms with E-state index in [2.05, 4.69) is 5.32 Å². The molecule has 0 aliphatic carbocycles. The number of hydrogen-bond acceptors (Lipinski definition) is 3. The monoisotopic (exact) mass is 237 g/mol. The summed E-state index contributed by atoms with van der Waals surface area (Å²) in [6.07, 6.45) is 0.701. The van der Waals surface area contributed by atoms with Crippen LogP contribution in [-0.4, -0.2) is 30.3 Å². The Morgan fingerprint density at radius 2 is 2.06 bits per heavy atom. The zero-order chi connectivity index (χ0) is 12.7. The number of aryl methyl sites for hydroxylation is 1. The van der Waals surface area contributed by atoms with Gasteiger partial charge in [-0.15, -0.1) is 0 Å². The fourth-order valence-electron chi connectivity index (χ4n) is 1.33. The largest absolute Gasteiger partial charge is 0.484 e. The molecule has 0 heterocycles. The van der Waals surface area contributed by atoms with E-state index >= 15 is 0 Å². The van der Waals surface area contributed by atoms with Gasteiger partial charge in [0, 0.05) is 0 Å². The van der Waals surface area contributed by atoms with Crippen LogP contribution in [0, 0.1) is 6.92 Å². The summed E-state index contributed by atoms with van der Waals surface area (Å²) in [4.78, 5) is 11.5. The second-order valence-corrected chi connectivity index (χ2v) is 3.96. The summed E-state index contributed by atoms with van der Waals surface area (Å²) in [5, 5.41) is 11.6. The fraction of sp³-hybridized carbons (Fsp3) is 0.462. The molecule has 1 aromatic carbocycles. The molecule has 1 rings (SSSR count). The molecule has 0 radical (unpaired) electrons. The first kappa shape index (κ1) is 13.5. The normalized spacial score (nSPS) is 11.9. The number of hydrogen-bond donors (Lipinski definition) is 2. The molecule has 0 spiro atoms. The van der Waals surface area contributed by atoms with Crippen molar-refractivity contribution in [2.75, 3.05) is 13.2 Å². The Labute approximate surface area is 102 Å². The lowest BCUT2D eigenvalue weighted by atomic mass is 10.2. The van der Waals surface area contributed by atoms with Crippen molar-refractivity contribution in [3.8, 4) is 5.75 Å². The number of amides is 1. The second kappa shape index (κ2) is 6.91. The number of carbonyl (C=O) groups excluding carboxylic acids is 1. The topological polar surface area (TPSA) is 58.6 Å². The summed E-state index contributed by atoms with van der Waals surface area (Å²) in [7, 11) is 0. The Hall–Kier alpha value is -1.55. The zero-order valence-corrected chi connectivity index (χ0v) is 10.3. The van der Waals surface area contributed by atoms with Crippen LogP contribution in [0.1, 0.15) is 18.9 Å². The molecule has 0 fully saturated rings. The average molecular weight is 237 g/mol. The molecule has 4 nitrogen and oxygen atoms in total. The maximum Gasteiger partial charge on any atom is 0.258 e. The van der Waals surface area contributed by atoms with Gasteiger partial charge < -0.3 is 15.2 Å². The van der Waals surface area contributed by atoms with E-state index in [0.717, 1.165) is 5.56 Å². The van der Waals surface area contributed by atoms with Crippen molar-refractivity contribution in [3.63, 3.8) is 0 Å². The Balaban J connectivity index is 2.35. The molecule has 1 aromatic rings. The van der Waals surface area contributed by atoms with Crippen molar-refractivity contribution in [2.45, 2.75) is 26.3 Å². The third-order valence-electron chi connectivity index (χ3n) is 2.47. The Kier molecular flexibility index (Phi) is 5.49. The van der Waals surface area contributed by atoms with E-state index in [-0.39, 0.29) is 25.2 Å². The molecule has 17 heavy (non-hydrogen) atoms. The predicted molar refractivity (Wildman–Crippen MR) is 66.0 cm³/mol. The van der Waals surface area contributed by atoms with Gasteiger partial charge in [0.15, 0.2) is 6.61 Å². The van der Waals surface area contributed by atoms with E-state index < -0.39 is 0 Å². The number of benzene rings is 1. The van der Waals surface area contributed by atoms with Gasteiger partial charge in [-0.05, 0) is 25.5 Å². The summed E-state index contributed by atoms with van der Waals surface area (Å²) in [5.74, 6) is 0.453. The van der Waals surface area contributed by atoms with Gasteiger partial charge >= 0.3 is 0 Å². The second-order valence-electron chi connectivity index (χ2n) is 3.96. The highest BCUT2D eigenvalue weighted by atomic mass is 16.5. The Morgan fingerprint density at radius 1 is 1.41 bits per heavy atom. The van der Waals surface area contributed by atoms with Gasteiger partial charge in [-0.1, -0.05) is 24.6 Å². The van der Waals surface area contributed by atoms with Gasteiger partial charge in [-0.25, -0.2) is 0 Å². The minimum atomic E-state index is -0.216. The molecule has 0 aliphatic heterocycles. The van der Waals surface area contributed by atoms with Gasteiger partial charge in [0.1, 0.15) is 5.75 Å². The molecule has 0 aromatic heterocycles. The number of aliphatic hydroxyl groups excluding tert-OH is 1. The molecule has 94 valence electrons. The van der Waals surface area contributed by atoms with Crippen molar-refractivity contribution in [1.82, 2.24) is 5.32 Å². The van der Waals surface area contributed by atoms with E-state index in [9.17, 15) is 4.79 Å². The summed E-state index contributed by atoms with van der Waals surface area (Å²) >= 11 is 0. The molecule has 1 amide bonds. The molecule has 0 saturated carbocycles. The summed E-state index contributed by atoms with van der Waals surface area (Å²) in [6, 6.07) is 7.31. The third-order valence-corrected chi connectivity index (χ3v) is 2.47. The maximum absolute atomic E-state index is 11.5. The van der Waals surface area contributed by atoms with E-state index in [0.29, 0.717) is 12.2 Å². The number of rotatable bonds is 6. The predicted octanol–water partition coefficient (Wildman–Crippen LogP) is 1.26. The van der Waals surface area contributed by atoms with Gasteiger partial charge in [-0.2, -0.15) is 0 Å². The highest BCUT2D eigenvalue weighted by molar-refractivity contribution is 5.77. The molecule has 4 heteroatoms. The maximum atomic E-state index is 11.5. The van der Waals surface area contributed by atoms with Crippen LogP contribution in [0.4, 0.5) is 0 Å². The first-order valence-corrected chi connectivity index (χ1v) is 5.75. The van der Waals surface area contributed by atoms with Crippen LogP contribution in [0.3, 0.4) is 0 Å². The summed E-state index contributed by atoms with van der Waals surface area (Å²) in [6.45, 7) is 3.82. The number of carbonyl (C=O) groups is 1. The number of ether oxygens (including phenoxy) is 1. The molecule has 0 saturated heterocycles. The van der Waals surface area contributed by atoms with E-state index in [1.165, 1.54) is 0 Å². The summed E-state index contributed by atoms with van der Waals surface area (Å²) < 4.78 is 5.32. The van der Waals surface area contributed by atoms with Crippen LogP contribution in [0.5, 0.6) is 5.75 Å². The Morgan fingerprint density at radius 3 is 2.59 bits per heavy atom. The van der Waals surface area contributed by atoms with Gasteiger partial charge in [0.05, 0.1) is 12.6 Å². The SMILES string of the molecule is CC[C@H](CO)NC(=O)COc1ccc(C)cc1. The molecule has 0 unspecified atom stereocenters. The smallest absolute Gasteiger partial charge is 0.258 e. The van der Waals surface area contributed by atoms with E-state index in [1.54, 1.807) is 0 Å². The molecule has 0 bridgehead atoms. The quantitative estimate of drug-likeness (QED) is 0.783. The van der Waals surface area contributed by atoms with Crippen LogP contribution >= 0.6 is 0 Å². The number of aliphatic hydroxyl groups is 1. The molecular weight excluding hydrogens is 218 g/mol. The highest BCUT2D eigenvalue weighted by Gasteiger charge is 2.09. The molecule has 2 N–H and O–H groups in total.